The van der Waals surface area contributed by atoms with E-state index in [9.17, 15) is 4.79 Å². The summed E-state index contributed by atoms with van der Waals surface area (Å²) in [6.45, 7) is 7.81. The van der Waals surface area contributed by atoms with Gasteiger partial charge in [-0.1, -0.05) is 49.1 Å². The Morgan fingerprint density at radius 3 is 2.05 bits per heavy atom. The van der Waals surface area contributed by atoms with Gasteiger partial charge in [-0.25, -0.2) is 0 Å². The smallest absolute Gasteiger partial charge is 0.248 e. The van der Waals surface area contributed by atoms with Gasteiger partial charge >= 0.3 is 0 Å². The normalized spacial score (nSPS) is 11.2. The molecule has 0 fully saturated rings. The molecule has 2 rings (SSSR count). The summed E-state index contributed by atoms with van der Waals surface area (Å²) in [5.74, 6) is -0.400. The summed E-state index contributed by atoms with van der Waals surface area (Å²) in [5, 5.41) is 4.81. The molecule has 3 nitrogen and oxygen atoms in total. The Bertz CT molecular complexity index is 613. The van der Waals surface area contributed by atoms with Gasteiger partial charge in [0.15, 0.2) is 0 Å². The summed E-state index contributed by atoms with van der Waals surface area (Å²) in [4.78, 5) is 11.0. The molecule has 2 aromatic carbocycles. The van der Waals surface area contributed by atoms with E-state index in [-0.39, 0.29) is 0 Å². The van der Waals surface area contributed by atoms with Crippen LogP contribution in [0.25, 0.3) is 0 Å². The van der Waals surface area contributed by atoms with Gasteiger partial charge in [0, 0.05) is 17.8 Å². The van der Waals surface area contributed by atoms with Crippen LogP contribution in [0.2, 0.25) is 19.6 Å². The van der Waals surface area contributed by atoms with E-state index in [1.165, 1.54) is 10.8 Å². The molecule has 4 heteroatoms. The Kier molecular flexibility index (Phi) is 4.48. The van der Waals surface area contributed by atoms with Crippen LogP contribution in [0, 0.1) is 0 Å². The number of carbonyl (C=O) groups excluding carboxylic acids is 1. The van der Waals surface area contributed by atoms with Crippen molar-refractivity contribution in [3.8, 4) is 0 Å². The van der Waals surface area contributed by atoms with Gasteiger partial charge in [0.2, 0.25) is 5.91 Å². The highest BCUT2D eigenvalue weighted by Gasteiger charge is 2.15. The highest BCUT2D eigenvalue weighted by molar-refractivity contribution is 6.88. The van der Waals surface area contributed by atoms with Crippen LogP contribution in [0.1, 0.15) is 15.9 Å². The maximum atomic E-state index is 11.0. The third-order valence-electron chi connectivity index (χ3n) is 3.49. The van der Waals surface area contributed by atoms with Crippen LogP contribution in [0.15, 0.2) is 48.5 Å². The molecular formula is C17H22N2OSi. The molecule has 0 aliphatic carbocycles. The summed E-state index contributed by atoms with van der Waals surface area (Å²) >= 11 is 0. The average molecular weight is 298 g/mol. The van der Waals surface area contributed by atoms with Gasteiger partial charge in [0.25, 0.3) is 0 Å². The molecule has 0 atom stereocenters. The molecule has 0 saturated heterocycles. The zero-order chi connectivity index (χ0) is 15.5. The standard InChI is InChI=1S/C17H22N2OSi/c1-21(2,3)16-10-4-13(5-11-16)12-19-15-8-6-14(7-9-15)17(18)20/h4-11,19H,12H2,1-3H3,(H2,18,20). The molecule has 21 heavy (non-hydrogen) atoms. The molecule has 3 N–H and O–H groups in total. The molecule has 110 valence electrons. The highest BCUT2D eigenvalue weighted by atomic mass is 28.3. The van der Waals surface area contributed by atoms with Crippen LogP contribution < -0.4 is 16.2 Å². The molecule has 0 radical (unpaired) electrons. The molecule has 0 aromatic heterocycles. The Labute approximate surface area is 127 Å². The SMILES string of the molecule is C[Si](C)(C)c1ccc(CNc2ccc(C(N)=O)cc2)cc1. The van der Waals surface area contributed by atoms with Crippen molar-refractivity contribution in [1.82, 2.24) is 0 Å². The van der Waals surface area contributed by atoms with Crippen LogP contribution >= 0.6 is 0 Å². The second kappa shape index (κ2) is 6.14. The lowest BCUT2D eigenvalue weighted by molar-refractivity contribution is 0.100. The molecule has 0 spiro atoms. The van der Waals surface area contributed by atoms with Crippen LogP contribution in [0.4, 0.5) is 5.69 Å². The van der Waals surface area contributed by atoms with Crippen molar-refractivity contribution in [3.63, 3.8) is 0 Å². The molecule has 0 saturated carbocycles. The van der Waals surface area contributed by atoms with E-state index in [1.54, 1.807) is 12.1 Å². The number of primary amides is 1. The van der Waals surface area contributed by atoms with Crippen molar-refractivity contribution in [2.24, 2.45) is 5.73 Å². The lowest BCUT2D eigenvalue weighted by atomic mass is 10.2. The van der Waals surface area contributed by atoms with Crippen molar-refractivity contribution in [1.29, 1.82) is 0 Å². The maximum Gasteiger partial charge on any atom is 0.248 e. The summed E-state index contributed by atoms with van der Waals surface area (Å²) in [6.07, 6.45) is 0. The summed E-state index contributed by atoms with van der Waals surface area (Å²) < 4.78 is 0. The molecule has 2 aromatic rings. The van der Waals surface area contributed by atoms with Crippen molar-refractivity contribution >= 4 is 24.9 Å². The number of carbonyl (C=O) groups is 1. The quantitative estimate of drug-likeness (QED) is 0.834. The number of nitrogens with two attached hydrogens (primary N) is 1. The first kappa shape index (κ1) is 15.3. The molecule has 1 amide bonds. The molecular weight excluding hydrogens is 276 g/mol. The van der Waals surface area contributed by atoms with E-state index in [2.05, 4.69) is 49.2 Å². The third-order valence-corrected chi connectivity index (χ3v) is 5.55. The van der Waals surface area contributed by atoms with Gasteiger partial charge < -0.3 is 11.1 Å². The largest absolute Gasteiger partial charge is 0.381 e. The number of rotatable bonds is 5. The van der Waals surface area contributed by atoms with Gasteiger partial charge in [-0.05, 0) is 29.8 Å². The van der Waals surface area contributed by atoms with Crippen LogP contribution in [0.3, 0.4) is 0 Å². The number of benzene rings is 2. The number of hydrogen-bond acceptors (Lipinski definition) is 2. The van der Waals surface area contributed by atoms with Gasteiger partial charge in [0.1, 0.15) is 0 Å². The number of nitrogens with one attached hydrogen (secondary N) is 1. The fourth-order valence-corrected chi connectivity index (χ4v) is 3.25. The van der Waals surface area contributed by atoms with E-state index >= 15 is 0 Å². The lowest BCUT2D eigenvalue weighted by Crippen LogP contribution is -2.37. The predicted octanol–water partition coefficient (Wildman–Crippen LogP) is 2.94. The minimum atomic E-state index is -1.22. The summed E-state index contributed by atoms with van der Waals surface area (Å²) in [5.41, 5.74) is 7.98. The fourth-order valence-electron chi connectivity index (χ4n) is 2.08. The Morgan fingerprint density at radius 1 is 1.00 bits per heavy atom. The van der Waals surface area contributed by atoms with Crippen molar-refractivity contribution in [3.05, 3.63) is 59.7 Å². The van der Waals surface area contributed by atoms with Crippen LogP contribution in [0.5, 0.6) is 0 Å². The molecule has 0 unspecified atom stereocenters. The zero-order valence-electron chi connectivity index (χ0n) is 12.8. The lowest BCUT2D eigenvalue weighted by Gasteiger charge is -2.17. The summed E-state index contributed by atoms with van der Waals surface area (Å²) in [6, 6.07) is 16.0. The second-order valence-corrected chi connectivity index (χ2v) is 11.3. The molecule has 0 bridgehead atoms. The van der Waals surface area contributed by atoms with E-state index < -0.39 is 14.0 Å². The van der Waals surface area contributed by atoms with Crippen LogP contribution in [-0.4, -0.2) is 14.0 Å². The fraction of sp³-hybridized carbons (Fsp3) is 0.235. The maximum absolute atomic E-state index is 11.0. The number of hydrogen-bond donors (Lipinski definition) is 2. The minimum absolute atomic E-state index is 0.400. The van der Waals surface area contributed by atoms with Gasteiger partial charge in [-0.15, -0.1) is 0 Å². The predicted molar refractivity (Wildman–Crippen MR) is 91.7 cm³/mol. The number of amides is 1. The van der Waals surface area contributed by atoms with E-state index in [1.807, 2.05) is 12.1 Å². The average Bonchev–Trinajstić information content (AvgIpc) is 2.45. The molecule has 0 heterocycles. The first-order valence-electron chi connectivity index (χ1n) is 7.09. The van der Waals surface area contributed by atoms with Crippen molar-refractivity contribution in [2.45, 2.75) is 26.2 Å². The first-order chi connectivity index (χ1) is 9.86. The van der Waals surface area contributed by atoms with Crippen molar-refractivity contribution < 1.29 is 4.79 Å². The first-order valence-corrected chi connectivity index (χ1v) is 10.6. The van der Waals surface area contributed by atoms with Gasteiger partial charge in [-0.2, -0.15) is 0 Å². The van der Waals surface area contributed by atoms with E-state index in [0.717, 1.165) is 12.2 Å². The minimum Gasteiger partial charge on any atom is -0.381 e. The molecule has 0 aliphatic heterocycles. The topological polar surface area (TPSA) is 55.1 Å². The van der Waals surface area contributed by atoms with E-state index in [0.29, 0.717) is 5.56 Å². The second-order valence-electron chi connectivity index (χ2n) is 6.24. The zero-order valence-corrected chi connectivity index (χ0v) is 13.8. The Hall–Kier alpha value is -2.07. The molecule has 0 aliphatic rings. The monoisotopic (exact) mass is 298 g/mol. The Morgan fingerprint density at radius 2 is 1.57 bits per heavy atom. The Balaban J connectivity index is 1.98. The summed E-state index contributed by atoms with van der Waals surface area (Å²) in [7, 11) is -1.22. The number of anilines is 1. The third kappa shape index (κ3) is 4.19. The van der Waals surface area contributed by atoms with E-state index in [4.69, 9.17) is 5.73 Å². The van der Waals surface area contributed by atoms with Crippen LogP contribution in [-0.2, 0) is 6.54 Å². The van der Waals surface area contributed by atoms with Gasteiger partial charge in [-0.3, -0.25) is 4.79 Å². The highest BCUT2D eigenvalue weighted by Crippen LogP contribution is 2.11. The van der Waals surface area contributed by atoms with Gasteiger partial charge in [0.05, 0.1) is 8.07 Å². The van der Waals surface area contributed by atoms with Crippen molar-refractivity contribution in [2.75, 3.05) is 5.32 Å².